The van der Waals surface area contributed by atoms with Crippen LogP contribution in [0, 0.1) is 0 Å². The van der Waals surface area contributed by atoms with E-state index in [9.17, 15) is 4.79 Å². The van der Waals surface area contributed by atoms with Crippen LogP contribution in [0.5, 0.6) is 0 Å². The summed E-state index contributed by atoms with van der Waals surface area (Å²) in [5.74, 6) is -0.0805. The molecule has 16 heavy (non-hydrogen) atoms. The second-order valence-corrected chi connectivity index (χ2v) is 5.14. The first-order valence-electron chi connectivity index (χ1n) is 6.47. The molecule has 1 aliphatic rings. The zero-order valence-electron chi connectivity index (χ0n) is 10.8. The summed E-state index contributed by atoms with van der Waals surface area (Å²) in [5, 5.41) is 3.44. The van der Waals surface area contributed by atoms with E-state index in [4.69, 9.17) is 4.74 Å². The molecule has 0 heterocycles. The Kier molecular flexibility index (Phi) is 5.26. The van der Waals surface area contributed by atoms with Gasteiger partial charge in [-0.1, -0.05) is 32.1 Å². The molecule has 0 atom stereocenters. The number of methoxy groups -OCH3 is 1. The number of hydrogen-bond acceptors (Lipinski definition) is 3. The molecule has 0 amide bonds. The quantitative estimate of drug-likeness (QED) is 0.753. The van der Waals surface area contributed by atoms with Crippen molar-refractivity contribution >= 4 is 5.97 Å². The van der Waals surface area contributed by atoms with E-state index >= 15 is 0 Å². The van der Waals surface area contributed by atoms with Gasteiger partial charge in [0, 0.05) is 6.04 Å². The van der Waals surface area contributed by atoms with Crippen LogP contribution in [0.1, 0.15) is 58.8 Å². The maximum absolute atomic E-state index is 12.0. The van der Waals surface area contributed by atoms with Gasteiger partial charge >= 0.3 is 5.97 Å². The normalized spacial score (nSPS) is 21.2. The lowest BCUT2D eigenvalue weighted by molar-refractivity contribution is -0.150. The number of nitrogens with one attached hydrogen (secondary N) is 1. The summed E-state index contributed by atoms with van der Waals surface area (Å²) < 4.78 is 4.99. The van der Waals surface area contributed by atoms with Crippen LogP contribution in [0.25, 0.3) is 0 Å². The average Bonchev–Trinajstić information content (AvgIpc) is 2.20. The van der Waals surface area contributed by atoms with Gasteiger partial charge in [0.15, 0.2) is 0 Å². The summed E-state index contributed by atoms with van der Waals surface area (Å²) in [4.78, 5) is 12.0. The van der Waals surface area contributed by atoms with Crippen molar-refractivity contribution in [3.05, 3.63) is 0 Å². The van der Waals surface area contributed by atoms with Crippen molar-refractivity contribution in [2.45, 2.75) is 70.4 Å². The van der Waals surface area contributed by atoms with Gasteiger partial charge in [-0.05, 0) is 26.7 Å². The molecule has 3 heteroatoms. The molecule has 1 rings (SSSR count). The zero-order valence-corrected chi connectivity index (χ0v) is 10.8. The van der Waals surface area contributed by atoms with Gasteiger partial charge in [0.1, 0.15) is 5.54 Å². The van der Waals surface area contributed by atoms with Gasteiger partial charge in [0.25, 0.3) is 0 Å². The first-order valence-corrected chi connectivity index (χ1v) is 6.47. The molecule has 3 nitrogen and oxygen atoms in total. The standard InChI is InChI=1S/C13H25NO2/c1-11(2)14-13(12(15)16-3)9-7-5-4-6-8-10-13/h11,14H,4-10H2,1-3H3. The molecular formula is C13H25NO2. The minimum absolute atomic E-state index is 0.0805. The predicted octanol–water partition coefficient (Wildman–Crippen LogP) is 2.64. The Bertz CT molecular complexity index is 218. The molecule has 0 aromatic rings. The largest absolute Gasteiger partial charge is 0.468 e. The van der Waals surface area contributed by atoms with E-state index in [2.05, 4.69) is 19.2 Å². The fourth-order valence-corrected chi connectivity index (χ4v) is 2.66. The lowest BCUT2D eigenvalue weighted by Gasteiger charge is -2.35. The highest BCUT2D eigenvalue weighted by Crippen LogP contribution is 2.28. The Hall–Kier alpha value is -0.570. The third kappa shape index (κ3) is 3.48. The summed E-state index contributed by atoms with van der Waals surface area (Å²) in [6.07, 6.45) is 7.84. The van der Waals surface area contributed by atoms with Crippen LogP contribution in [0.2, 0.25) is 0 Å². The molecule has 1 saturated carbocycles. The van der Waals surface area contributed by atoms with Crippen LogP contribution < -0.4 is 5.32 Å². The van der Waals surface area contributed by atoms with Crippen LogP contribution in [0.3, 0.4) is 0 Å². The Morgan fingerprint density at radius 2 is 1.62 bits per heavy atom. The van der Waals surface area contributed by atoms with Gasteiger partial charge in [-0.2, -0.15) is 0 Å². The van der Waals surface area contributed by atoms with Crippen molar-refractivity contribution in [2.75, 3.05) is 7.11 Å². The minimum Gasteiger partial charge on any atom is -0.468 e. The van der Waals surface area contributed by atoms with Crippen LogP contribution in [0.4, 0.5) is 0 Å². The maximum Gasteiger partial charge on any atom is 0.326 e. The fraction of sp³-hybridized carbons (Fsp3) is 0.923. The van der Waals surface area contributed by atoms with Gasteiger partial charge in [-0.25, -0.2) is 0 Å². The van der Waals surface area contributed by atoms with Crippen molar-refractivity contribution in [3.63, 3.8) is 0 Å². The maximum atomic E-state index is 12.0. The number of hydrogen-bond donors (Lipinski definition) is 1. The Morgan fingerprint density at radius 3 is 2.06 bits per heavy atom. The summed E-state index contributed by atoms with van der Waals surface area (Å²) in [7, 11) is 1.49. The van der Waals surface area contributed by atoms with E-state index in [1.54, 1.807) is 0 Å². The molecule has 0 spiro atoms. The van der Waals surface area contributed by atoms with Crippen molar-refractivity contribution < 1.29 is 9.53 Å². The van der Waals surface area contributed by atoms with Crippen LogP contribution in [-0.4, -0.2) is 24.7 Å². The topological polar surface area (TPSA) is 38.3 Å². The molecular weight excluding hydrogens is 202 g/mol. The highest BCUT2D eigenvalue weighted by molar-refractivity contribution is 5.80. The first-order chi connectivity index (χ1) is 7.60. The van der Waals surface area contributed by atoms with Gasteiger partial charge in [0.05, 0.1) is 7.11 Å². The highest BCUT2D eigenvalue weighted by atomic mass is 16.5. The molecule has 0 bridgehead atoms. The minimum atomic E-state index is -0.427. The van der Waals surface area contributed by atoms with Crippen LogP contribution in [0.15, 0.2) is 0 Å². The van der Waals surface area contributed by atoms with Crippen LogP contribution >= 0.6 is 0 Å². The number of carbonyl (C=O) groups excluding carboxylic acids is 1. The molecule has 1 N–H and O–H groups in total. The van der Waals surface area contributed by atoms with Crippen LogP contribution in [-0.2, 0) is 9.53 Å². The Morgan fingerprint density at radius 1 is 1.12 bits per heavy atom. The molecule has 0 radical (unpaired) electrons. The van der Waals surface area contributed by atoms with Crippen molar-refractivity contribution in [1.82, 2.24) is 5.32 Å². The van der Waals surface area contributed by atoms with Crippen molar-refractivity contribution in [1.29, 1.82) is 0 Å². The monoisotopic (exact) mass is 227 g/mol. The first kappa shape index (κ1) is 13.5. The third-order valence-electron chi connectivity index (χ3n) is 3.35. The van der Waals surface area contributed by atoms with Gasteiger partial charge in [-0.3, -0.25) is 10.1 Å². The second kappa shape index (κ2) is 6.24. The smallest absolute Gasteiger partial charge is 0.326 e. The molecule has 0 aromatic heterocycles. The lowest BCUT2D eigenvalue weighted by atomic mass is 9.83. The SMILES string of the molecule is COC(=O)C1(NC(C)C)CCCCCCC1. The molecule has 94 valence electrons. The summed E-state index contributed by atoms with van der Waals surface area (Å²) in [5.41, 5.74) is -0.427. The van der Waals surface area contributed by atoms with Gasteiger partial charge in [-0.15, -0.1) is 0 Å². The van der Waals surface area contributed by atoms with E-state index in [1.165, 1.54) is 26.4 Å². The number of esters is 1. The van der Waals surface area contributed by atoms with E-state index in [0.717, 1.165) is 25.7 Å². The highest BCUT2D eigenvalue weighted by Gasteiger charge is 2.39. The Labute approximate surface area is 98.9 Å². The second-order valence-electron chi connectivity index (χ2n) is 5.14. The predicted molar refractivity (Wildman–Crippen MR) is 65.3 cm³/mol. The molecule has 1 aliphatic carbocycles. The zero-order chi connectivity index (χ0) is 12.0. The lowest BCUT2D eigenvalue weighted by Crippen LogP contribution is -2.55. The molecule has 0 unspecified atom stereocenters. The van der Waals surface area contributed by atoms with E-state index < -0.39 is 5.54 Å². The van der Waals surface area contributed by atoms with E-state index in [1.807, 2.05) is 0 Å². The average molecular weight is 227 g/mol. The van der Waals surface area contributed by atoms with Crippen molar-refractivity contribution in [2.24, 2.45) is 0 Å². The number of rotatable bonds is 3. The third-order valence-corrected chi connectivity index (χ3v) is 3.35. The molecule has 0 aromatic carbocycles. The Balaban J connectivity index is 2.76. The number of ether oxygens (including phenoxy) is 1. The summed E-state index contributed by atoms with van der Waals surface area (Å²) in [6, 6.07) is 0.318. The van der Waals surface area contributed by atoms with Crippen molar-refractivity contribution in [3.8, 4) is 0 Å². The molecule has 0 aliphatic heterocycles. The molecule has 0 saturated heterocycles. The summed E-state index contributed by atoms with van der Waals surface area (Å²) >= 11 is 0. The van der Waals surface area contributed by atoms with Gasteiger partial charge in [0.2, 0.25) is 0 Å². The summed E-state index contributed by atoms with van der Waals surface area (Å²) in [6.45, 7) is 4.17. The number of carbonyl (C=O) groups is 1. The van der Waals surface area contributed by atoms with Gasteiger partial charge < -0.3 is 4.74 Å². The molecule has 1 fully saturated rings. The van der Waals surface area contributed by atoms with E-state index in [-0.39, 0.29) is 5.97 Å². The van der Waals surface area contributed by atoms with E-state index in [0.29, 0.717) is 6.04 Å². The fourth-order valence-electron chi connectivity index (χ4n) is 2.66.